The first-order valence-corrected chi connectivity index (χ1v) is 13.2. The first-order chi connectivity index (χ1) is 19.7. The molecule has 2 heterocycles. The maximum atomic E-state index is 13.0. The zero-order chi connectivity index (χ0) is 28.8. The van der Waals surface area contributed by atoms with Gasteiger partial charge in [-0.05, 0) is 60.9 Å². The molecule has 2 amide bonds. The lowest BCUT2D eigenvalue weighted by Crippen LogP contribution is -2.39. The van der Waals surface area contributed by atoms with Gasteiger partial charge in [0, 0.05) is 36.0 Å². The third kappa shape index (κ3) is 7.22. The van der Waals surface area contributed by atoms with Crippen molar-refractivity contribution in [2.24, 2.45) is 0 Å². The lowest BCUT2D eigenvalue weighted by molar-refractivity contribution is -0.137. The van der Waals surface area contributed by atoms with Crippen LogP contribution >= 0.6 is 0 Å². The van der Waals surface area contributed by atoms with Gasteiger partial charge in [0.1, 0.15) is 0 Å². The number of hydrogen-bond acceptors (Lipinski definition) is 3. The van der Waals surface area contributed by atoms with Crippen LogP contribution in [0.15, 0.2) is 91.3 Å². The fraction of sp³-hybridized carbons (Fsp3) is 0.219. The molecule has 0 spiro atoms. The minimum absolute atomic E-state index is 0.0333. The van der Waals surface area contributed by atoms with Crippen LogP contribution < -0.4 is 5.32 Å². The van der Waals surface area contributed by atoms with Crippen molar-refractivity contribution in [3.8, 4) is 11.8 Å². The van der Waals surface area contributed by atoms with Gasteiger partial charge >= 0.3 is 6.18 Å². The lowest BCUT2D eigenvalue weighted by Gasteiger charge is -2.32. The van der Waals surface area contributed by atoms with Crippen LogP contribution in [-0.2, 0) is 17.4 Å². The molecule has 1 N–H and O–H groups in total. The van der Waals surface area contributed by atoms with E-state index < -0.39 is 17.6 Å². The molecule has 3 aromatic carbocycles. The summed E-state index contributed by atoms with van der Waals surface area (Å²) >= 11 is 0. The van der Waals surface area contributed by atoms with Gasteiger partial charge < -0.3 is 10.2 Å². The molecule has 1 fully saturated rings. The topological polar surface area (TPSA) is 67.2 Å². The number of benzene rings is 3. The van der Waals surface area contributed by atoms with E-state index >= 15 is 0 Å². The SMILES string of the molecule is O=C(Cc1cccc(C(F)(F)F)c1)Nc1cnn(C2CCN(C(=O)c3ccc(C#Cc4ccccc4)cc3)CC2)c1. The Morgan fingerprint density at radius 3 is 2.27 bits per heavy atom. The van der Waals surface area contributed by atoms with E-state index in [1.54, 1.807) is 23.0 Å². The number of piperidine rings is 1. The Kier molecular flexibility index (Phi) is 8.20. The Hall–Kier alpha value is -4.84. The van der Waals surface area contributed by atoms with Gasteiger partial charge in [0.2, 0.25) is 5.91 Å². The number of carbonyl (C=O) groups excluding carboxylic acids is 2. The molecule has 0 bridgehead atoms. The number of amides is 2. The van der Waals surface area contributed by atoms with Crippen molar-refractivity contribution in [3.05, 3.63) is 119 Å². The molecule has 1 saturated heterocycles. The molecule has 5 rings (SSSR count). The molecule has 0 atom stereocenters. The third-order valence-electron chi connectivity index (χ3n) is 6.89. The summed E-state index contributed by atoms with van der Waals surface area (Å²) in [5, 5.41) is 7.06. The van der Waals surface area contributed by atoms with Gasteiger partial charge in [0.05, 0.1) is 29.9 Å². The summed E-state index contributed by atoms with van der Waals surface area (Å²) in [6, 6.07) is 21.8. The van der Waals surface area contributed by atoms with Crippen molar-refractivity contribution in [1.29, 1.82) is 0 Å². The minimum atomic E-state index is -4.46. The maximum absolute atomic E-state index is 13.0. The molecule has 4 aromatic rings. The van der Waals surface area contributed by atoms with E-state index in [1.807, 2.05) is 47.4 Å². The van der Waals surface area contributed by atoms with Crippen molar-refractivity contribution >= 4 is 17.5 Å². The van der Waals surface area contributed by atoms with Gasteiger partial charge in [-0.1, -0.05) is 48.2 Å². The van der Waals surface area contributed by atoms with Crippen molar-refractivity contribution in [2.45, 2.75) is 31.5 Å². The van der Waals surface area contributed by atoms with Gasteiger partial charge in [0.25, 0.3) is 5.91 Å². The number of rotatable bonds is 5. The number of aromatic nitrogens is 2. The highest BCUT2D eigenvalue weighted by Gasteiger charge is 2.30. The van der Waals surface area contributed by atoms with Crippen LogP contribution in [0.4, 0.5) is 18.9 Å². The van der Waals surface area contributed by atoms with Crippen molar-refractivity contribution < 1.29 is 22.8 Å². The van der Waals surface area contributed by atoms with E-state index in [-0.39, 0.29) is 23.9 Å². The van der Waals surface area contributed by atoms with Crippen molar-refractivity contribution in [3.63, 3.8) is 0 Å². The molecule has 0 aliphatic carbocycles. The molecule has 6 nitrogen and oxygen atoms in total. The largest absolute Gasteiger partial charge is 0.416 e. The molecular weight excluding hydrogens is 529 g/mol. The lowest BCUT2D eigenvalue weighted by atomic mass is 10.0. The maximum Gasteiger partial charge on any atom is 0.416 e. The molecule has 41 heavy (non-hydrogen) atoms. The van der Waals surface area contributed by atoms with Crippen LogP contribution in [-0.4, -0.2) is 39.6 Å². The van der Waals surface area contributed by atoms with Crippen LogP contribution in [0.25, 0.3) is 0 Å². The van der Waals surface area contributed by atoms with Gasteiger partial charge in [-0.15, -0.1) is 0 Å². The number of nitrogens with one attached hydrogen (secondary N) is 1. The Balaban J connectivity index is 1.12. The number of carbonyl (C=O) groups is 2. The van der Waals surface area contributed by atoms with Gasteiger partial charge in [-0.3, -0.25) is 14.3 Å². The quantitative estimate of drug-likeness (QED) is 0.309. The van der Waals surface area contributed by atoms with Gasteiger partial charge in [-0.25, -0.2) is 0 Å². The average Bonchev–Trinajstić information content (AvgIpc) is 3.44. The molecule has 208 valence electrons. The molecular formula is C32H27F3N4O2. The Morgan fingerprint density at radius 2 is 1.59 bits per heavy atom. The standard InChI is InChI=1S/C32H27F3N4O2/c33-32(34,35)27-8-4-7-25(19-27)20-30(40)37-28-21-36-39(22-28)29-15-17-38(18-16-29)31(41)26-13-11-24(12-14-26)10-9-23-5-2-1-3-6-23/h1-8,11-14,19,21-22,29H,15-18,20H2,(H,37,40). The molecule has 0 radical (unpaired) electrons. The summed E-state index contributed by atoms with van der Waals surface area (Å²) < 4.78 is 40.6. The number of anilines is 1. The highest BCUT2D eigenvalue weighted by Crippen LogP contribution is 2.30. The summed E-state index contributed by atoms with van der Waals surface area (Å²) in [5.74, 6) is 5.76. The summed E-state index contributed by atoms with van der Waals surface area (Å²) in [5.41, 5.74) is 2.33. The Bertz CT molecular complexity index is 1580. The normalized spacial score (nSPS) is 13.8. The van der Waals surface area contributed by atoms with E-state index in [2.05, 4.69) is 22.3 Å². The monoisotopic (exact) mass is 556 g/mol. The number of likely N-dealkylation sites (tertiary alicyclic amines) is 1. The zero-order valence-electron chi connectivity index (χ0n) is 22.1. The highest BCUT2D eigenvalue weighted by molar-refractivity contribution is 5.94. The second-order valence-corrected chi connectivity index (χ2v) is 9.85. The van der Waals surface area contributed by atoms with E-state index in [1.165, 1.54) is 18.3 Å². The molecule has 1 aliphatic rings. The first kappa shape index (κ1) is 27.7. The summed E-state index contributed by atoms with van der Waals surface area (Å²) in [6.45, 7) is 1.13. The van der Waals surface area contributed by atoms with E-state index in [0.29, 0.717) is 37.2 Å². The van der Waals surface area contributed by atoms with Crippen molar-refractivity contribution in [1.82, 2.24) is 14.7 Å². The molecule has 1 aromatic heterocycles. The van der Waals surface area contributed by atoms with Crippen LogP contribution in [0.1, 0.15) is 51.5 Å². The molecule has 0 saturated carbocycles. The second kappa shape index (κ2) is 12.1. The van der Waals surface area contributed by atoms with Crippen LogP contribution in [0.3, 0.4) is 0 Å². The summed E-state index contributed by atoms with van der Waals surface area (Å²) in [4.78, 5) is 27.3. The third-order valence-corrected chi connectivity index (χ3v) is 6.89. The van der Waals surface area contributed by atoms with Gasteiger partial charge in [0.15, 0.2) is 0 Å². The highest BCUT2D eigenvalue weighted by atomic mass is 19.4. The summed E-state index contributed by atoms with van der Waals surface area (Å²) in [7, 11) is 0. The zero-order valence-corrected chi connectivity index (χ0v) is 22.1. The first-order valence-electron chi connectivity index (χ1n) is 13.2. The van der Waals surface area contributed by atoms with E-state index in [9.17, 15) is 22.8 Å². The fourth-order valence-corrected chi connectivity index (χ4v) is 4.73. The predicted octanol–water partition coefficient (Wildman–Crippen LogP) is 5.96. The van der Waals surface area contributed by atoms with E-state index in [0.717, 1.165) is 23.3 Å². The average molecular weight is 557 g/mol. The second-order valence-electron chi connectivity index (χ2n) is 9.85. The number of alkyl halides is 3. The van der Waals surface area contributed by atoms with Crippen LogP contribution in [0.5, 0.6) is 0 Å². The minimum Gasteiger partial charge on any atom is -0.338 e. The fourth-order valence-electron chi connectivity index (χ4n) is 4.73. The number of hydrogen-bond donors (Lipinski definition) is 1. The molecule has 1 aliphatic heterocycles. The molecule has 9 heteroatoms. The Labute approximate surface area is 235 Å². The smallest absolute Gasteiger partial charge is 0.338 e. The van der Waals surface area contributed by atoms with Crippen LogP contribution in [0.2, 0.25) is 0 Å². The van der Waals surface area contributed by atoms with Crippen molar-refractivity contribution in [2.75, 3.05) is 18.4 Å². The number of halogens is 3. The summed E-state index contributed by atoms with van der Waals surface area (Å²) in [6.07, 6.45) is -0.0188. The van der Waals surface area contributed by atoms with Gasteiger partial charge in [-0.2, -0.15) is 18.3 Å². The predicted molar refractivity (Wildman–Crippen MR) is 149 cm³/mol. The van der Waals surface area contributed by atoms with E-state index in [4.69, 9.17) is 0 Å². The van der Waals surface area contributed by atoms with Crippen LogP contribution in [0, 0.1) is 11.8 Å². The Morgan fingerprint density at radius 1 is 0.902 bits per heavy atom. The number of nitrogens with zero attached hydrogens (tertiary/aromatic N) is 3. The molecule has 0 unspecified atom stereocenters.